The lowest BCUT2D eigenvalue weighted by Crippen LogP contribution is -2.37. The van der Waals surface area contributed by atoms with E-state index in [0.717, 1.165) is 23.6 Å². The Morgan fingerprint density at radius 1 is 1.30 bits per heavy atom. The number of aromatic nitrogens is 1. The van der Waals surface area contributed by atoms with Gasteiger partial charge in [0.2, 0.25) is 0 Å². The molecule has 0 saturated carbocycles. The van der Waals surface area contributed by atoms with E-state index in [9.17, 15) is 14.4 Å². The first-order valence-corrected chi connectivity index (χ1v) is 9.67. The van der Waals surface area contributed by atoms with Gasteiger partial charge in [-0.2, -0.15) is 0 Å². The summed E-state index contributed by atoms with van der Waals surface area (Å²) < 4.78 is 6.28. The van der Waals surface area contributed by atoms with E-state index in [0.29, 0.717) is 18.8 Å². The molecule has 2 rings (SSSR count). The predicted octanol–water partition coefficient (Wildman–Crippen LogP) is 1.71. The SMILES string of the molecule is CCN(CCNC(=O)COC(=O)Cn1c(C)csc1=O)c1cccc(C)c1. The molecule has 0 aliphatic heterocycles. The van der Waals surface area contributed by atoms with E-state index in [-0.39, 0.29) is 23.9 Å². The third-order valence-corrected chi connectivity index (χ3v) is 4.96. The number of esters is 1. The van der Waals surface area contributed by atoms with Gasteiger partial charge in [-0.1, -0.05) is 23.5 Å². The van der Waals surface area contributed by atoms with Gasteiger partial charge >= 0.3 is 10.8 Å². The fourth-order valence-corrected chi connectivity index (χ4v) is 3.33. The minimum Gasteiger partial charge on any atom is -0.454 e. The summed E-state index contributed by atoms with van der Waals surface area (Å²) in [6.07, 6.45) is 0. The largest absolute Gasteiger partial charge is 0.454 e. The van der Waals surface area contributed by atoms with E-state index < -0.39 is 5.97 Å². The van der Waals surface area contributed by atoms with Crippen LogP contribution in [0.3, 0.4) is 0 Å². The van der Waals surface area contributed by atoms with Crippen LogP contribution >= 0.6 is 11.3 Å². The van der Waals surface area contributed by atoms with Crippen molar-refractivity contribution in [3.63, 3.8) is 0 Å². The van der Waals surface area contributed by atoms with Crippen molar-refractivity contribution in [3.8, 4) is 0 Å². The second-order valence-electron chi connectivity index (χ2n) is 6.16. The summed E-state index contributed by atoms with van der Waals surface area (Å²) in [4.78, 5) is 37.2. The van der Waals surface area contributed by atoms with Crippen molar-refractivity contribution >= 4 is 28.9 Å². The first-order valence-electron chi connectivity index (χ1n) is 8.79. The molecule has 8 heteroatoms. The van der Waals surface area contributed by atoms with Crippen LogP contribution in [-0.2, 0) is 20.9 Å². The van der Waals surface area contributed by atoms with Crippen LogP contribution in [0, 0.1) is 13.8 Å². The molecule has 0 aliphatic carbocycles. The molecular weight excluding hydrogens is 366 g/mol. The van der Waals surface area contributed by atoms with E-state index in [4.69, 9.17) is 4.74 Å². The van der Waals surface area contributed by atoms with Gasteiger partial charge in [-0.3, -0.25) is 19.0 Å². The molecule has 1 amide bonds. The third kappa shape index (κ3) is 6.25. The number of aryl methyl sites for hydroxylation is 2. The van der Waals surface area contributed by atoms with Gasteiger partial charge < -0.3 is 15.0 Å². The molecule has 0 bridgehead atoms. The maximum Gasteiger partial charge on any atom is 0.326 e. The number of rotatable bonds is 9. The van der Waals surface area contributed by atoms with Crippen LogP contribution in [0.1, 0.15) is 18.2 Å². The zero-order valence-corrected chi connectivity index (χ0v) is 16.7. The van der Waals surface area contributed by atoms with Gasteiger partial charge in [0.15, 0.2) is 6.61 Å². The molecule has 0 aliphatic rings. The van der Waals surface area contributed by atoms with E-state index in [2.05, 4.69) is 23.2 Å². The van der Waals surface area contributed by atoms with Crippen LogP contribution in [0.2, 0.25) is 0 Å². The summed E-state index contributed by atoms with van der Waals surface area (Å²) in [5.74, 6) is -0.971. The van der Waals surface area contributed by atoms with Gasteiger partial charge in [-0.25, -0.2) is 0 Å². The second-order valence-corrected chi connectivity index (χ2v) is 6.98. The Morgan fingerprint density at radius 3 is 2.70 bits per heavy atom. The second kappa shape index (κ2) is 9.91. The zero-order valence-electron chi connectivity index (χ0n) is 15.9. The van der Waals surface area contributed by atoms with E-state index in [1.807, 2.05) is 25.1 Å². The van der Waals surface area contributed by atoms with Crippen molar-refractivity contribution in [2.75, 3.05) is 31.1 Å². The molecular formula is C19H25N3O4S. The Morgan fingerprint density at radius 2 is 2.07 bits per heavy atom. The number of thiazole rings is 1. The molecule has 1 aromatic heterocycles. The molecule has 1 heterocycles. The number of carbonyl (C=O) groups is 2. The van der Waals surface area contributed by atoms with Crippen molar-refractivity contribution in [2.24, 2.45) is 0 Å². The molecule has 0 saturated heterocycles. The molecule has 27 heavy (non-hydrogen) atoms. The van der Waals surface area contributed by atoms with Gasteiger partial charge in [-0.15, -0.1) is 0 Å². The molecule has 146 valence electrons. The maximum atomic E-state index is 11.9. The fourth-order valence-electron chi connectivity index (χ4n) is 2.59. The predicted molar refractivity (Wildman–Crippen MR) is 106 cm³/mol. The molecule has 0 spiro atoms. The van der Waals surface area contributed by atoms with E-state index in [1.165, 1.54) is 10.1 Å². The number of hydrogen-bond acceptors (Lipinski definition) is 6. The maximum absolute atomic E-state index is 11.9. The Hall–Kier alpha value is -2.61. The van der Waals surface area contributed by atoms with Crippen molar-refractivity contribution < 1.29 is 14.3 Å². The Balaban J connectivity index is 1.72. The lowest BCUT2D eigenvalue weighted by molar-refractivity contribution is -0.149. The first kappa shape index (κ1) is 20.7. The minimum absolute atomic E-state index is 0.182. The highest BCUT2D eigenvalue weighted by molar-refractivity contribution is 7.07. The lowest BCUT2D eigenvalue weighted by Gasteiger charge is -2.23. The van der Waals surface area contributed by atoms with Crippen LogP contribution < -0.4 is 15.1 Å². The molecule has 7 nitrogen and oxygen atoms in total. The van der Waals surface area contributed by atoms with E-state index in [1.54, 1.807) is 12.3 Å². The number of hydrogen-bond donors (Lipinski definition) is 1. The normalized spacial score (nSPS) is 10.5. The number of nitrogens with zero attached hydrogens (tertiary/aromatic N) is 2. The number of likely N-dealkylation sites (N-methyl/N-ethyl adjacent to an activating group) is 1. The summed E-state index contributed by atoms with van der Waals surface area (Å²) in [6, 6.07) is 8.18. The number of nitrogens with one attached hydrogen (secondary N) is 1. The molecule has 2 aromatic rings. The van der Waals surface area contributed by atoms with Crippen LogP contribution in [0.25, 0.3) is 0 Å². The smallest absolute Gasteiger partial charge is 0.326 e. The van der Waals surface area contributed by atoms with Gasteiger partial charge in [-0.05, 0) is 38.5 Å². The molecule has 0 unspecified atom stereocenters. The number of benzene rings is 1. The minimum atomic E-state index is -0.608. The third-order valence-electron chi connectivity index (χ3n) is 4.08. The summed E-state index contributed by atoms with van der Waals surface area (Å²) >= 11 is 1.03. The monoisotopic (exact) mass is 391 g/mol. The first-order chi connectivity index (χ1) is 12.9. The van der Waals surface area contributed by atoms with Crippen LogP contribution in [0.5, 0.6) is 0 Å². The highest BCUT2D eigenvalue weighted by atomic mass is 32.1. The van der Waals surface area contributed by atoms with Crippen molar-refractivity contribution in [1.29, 1.82) is 0 Å². The zero-order chi connectivity index (χ0) is 19.8. The summed E-state index contributed by atoms with van der Waals surface area (Å²) in [7, 11) is 0. The number of carbonyl (C=O) groups excluding carboxylic acids is 2. The fraction of sp³-hybridized carbons (Fsp3) is 0.421. The topological polar surface area (TPSA) is 80.6 Å². The summed E-state index contributed by atoms with van der Waals surface area (Å²) in [5.41, 5.74) is 2.99. The van der Waals surface area contributed by atoms with Gasteiger partial charge in [0.25, 0.3) is 5.91 Å². The Kier molecular flexibility index (Phi) is 7.60. The Labute approximate surface area is 162 Å². The van der Waals surface area contributed by atoms with E-state index >= 15 is 0 Å². The highest BCUT2D eigenvalue weighted by Gasteiger charge is 2.12. The number of ether oxygens (including phenoxy) is 1. The standard InChI is InChI=1S/C19H25N3O4S/c1-4-21(16-7-5-6-14(2)10-16)9-8-20-17(23)12-26-18(24)11-22-15(3)13-27-19(22)25/h5-7,10,13H,4,8-9,11-12H2,1-3H3,(H,20,23). The van der Waals surface area contributed by atoms with Gasteiger partial charge in [0, 0.05) is 36.4 Å². The van der Waals surface area contributed by atoms with Crippen LogP contribution in [0.4, 0.5) is 5.69 Å². The average Bonchev–Trinajstić information content (AvgIpc) is 2.95. The molecule has 1 N–H and O–H groups in total. The van der Waals surface area contributed by atoms with Crippen LogP contribution in [-0.4, -0.2) is 42.7 Å². The number of anilines is 1. The number of amides is 1. The molecule has 1 aromatic carbocycles. The molecule has 0 atom stereocenters. The summed E-state index contributed by atoms with van der Waals surface area (Å²) in [5, 5.41) is 4.42. The van der Waals surface area contributed by atoms with Gasteiger partial charge in [0.1, 0.15) is 6.54 Å². The van der Waals surface area contributed by atoms with Crippen molar-refractivity contribution in [2.45, 2.75) is 27.3 Å². The molecule has 0 fully saturated rings. The Bertz CT molecular complexity index is 843. The highest BCUT2D eigenvalue weighted by Crippen LogP contribution is 2.14. The lowest BCUT2D eigenvalue weighted by atomic mass is 10.2. The van der Waals surface area contributed by atoms with Crippen molar-refractivity contribution in [3.05, 3.63) is 50.6 Å². The summed E-state index contributed by atoms with van der Waals surface area (Å²) in [6.45, 7) is 7.23. The van der Waals surface area contributed by atoms with Gasteiger partial charge in [0.05, 0.1) is 0 Å². The van der Waals surface area contributed by atoms with Crippen LogP contribution in [0.15, 0.2) is 34.4 Å². The quantitative estimate of drug-likeness (QED) is 0.658. The van der Waals surface area contributed by atoms with Crippen molar-refractivity contribution in [1.82, 2.24) is 9.88 Å². The average molecular weight is 391 g/mol. The molecule has 0 radical (unpaired) electrons.